The summed E-state index contributed by atoms with van der Waals surface area (Å²) >= 11 is 4.86. The van der Waals surface area contributed by atoms with E-state index in [9.17, 15) is 43.2 Å². The van der Waals surface area contributed by atoms with Crippen LogP contribution >= 0.6 is 11.6 Å². The molecule has 4 aliphatic rings. The molecular weight excluding hydrogens is 1750 g/mol. The molecule has 14 rings (SSSR count). The Labute approximate surface area is 809 Å². The third kappa shape index (κ3) is 29.2. The Balaban J connectivity index is 0.000000213. The fourth-order valence-corrected chi connectivity index (χ4v) is 17.4. The van der Waals surface area contributed by atoms with Gasteiger partial charge in [0.2, 0.25) is 17.7 Å². The summed E-state index contributed by atoms with van der Waals surface area (Å²) in [5.74, 6) is -0.710. The van der Waals surface area contributed by atoms with Gasteiger partial charge >= 0.3 is 23.6 Å². The van der Waals surface area contributed by atoms with Gasteiger partial charge in [-0.25, -0.2) is 34.3 Å². The van der Waals surface area contributed by atoms with Crippen molar-refractivity contribution in [2.45, 2.75) is 147 Å². The predicted octanol–water partition coefficient (Wildman–Crippen LogP) is 18.2. The zero-order valence-electron chi connectivity index (χ0n) is 81.6. The lowest BCUT2D eigenvalue weighted by atomic mass is 9.71. The van der Waals surface area contributed by atoms with Gasteiger partial charge in [0.05, 0.1) is 62.2 Å². The Hall–Kier alpha value is -12.8. The molecular formula is C109H131ClN12O15. The smallest absolute Gasteiger partial charge is 0.416 e. The predicted molar refractivity (Wildman–Crippen MR) is 532 cm³/mol. The van der Waals surface area contributed by atoms with Crippen LogP contribution in [-0.4, -0.2) is 237 Å². The van der Waals surface area contributed by atoms with Crippen molar-refractivity contribution in [3.8, 4) is 34.3 Å². The zero-order valence-corrected chi connectivity index (χ0v) is 82.4. The third-order valence-electron chi connectivity index (χ3n) is 24.9. The molecule has 724 valence electrons. The lowest BCUT2D eigenvalue weighted by molar-refractivity contribution is -0.139. The highest BCUT2D eigenvalue weighted by atomic mass is 35.5. The fraction of sp³-hybridized carbons (Fsp3) is 0.404. The Bertz CT molecular complexity index is 5980. The number of benzene rings is 6. The van der Waals surface area contributed by atoms with Gasteiger partial charge in [0, 0.05) is 202 Å². The summed E-state index contributed by atoms with van der Waals surface area (Å²) in [6.45, 7) is 32.5. The SMILES string of the molecule is CC(C)COC(=O)Cl.CC1=C(C)C(=O)C(C(C)(C)CC(=O)N(C)CCCN(CCCN2CCOCC2)C(=O)Oc2c(Cc3ccccc3)nc3c(Cc4ccccc4)nc(-c4ccccc4)cn23)=C(C)C1=O.CC1=C(C)C(=O)C(C(C)(C)CC(=O)O)=C(C)C1=O.CNCCCN(CCCN1CCOCC1)C(=O)Oc1c(Cc2ccccc2)nc2c(Cc3ccccc3)nc(-c3ccccc3)cn12. The maximum Gasteiger partial charge on any atom is 0.416 e. The average Bonchev–Trinajstić information content (AvgIpc) is 1.35. The molecule has 2 fully saturated rings. The largest absolute Gasteiger partial charge is 0.481 e. The molecule has 3 amide bonds. The van der Waals surface area contributed by atoms with E-state index >= 15 is 0 Å². The number of aromatic nitrogens is 6. The van der Waals surface area contributed by atoms with Crippen molar-refractivity contribution >= 4 is 75.5 Å². The minimum atomic E-state index is -0.982. The van der Waals surface area contributed by atoms with Gasteiger partial charge in [-0.1, -0.05) is 224 Å². The standard InChI is InChI=1S/C52H60N6O6.C38H44N6O3.C14H18O4.C5H9ClO2/c1-36-37(2)48(61)46(38(3)47(36)60)52(4,5)34-45(59)55(6)24-16-26-57(27-17-25-56-28-30-63-31-29-56)51(62)64-50-43(33-40-20-12-8-13-21-40)54-49-42(32-39-18-10-7-11-19-39)53-44(35-58(49)50)41-22-14-9-15-23-41;1-39-19-11-21-43(22-12-20-42-23-25-46-26-24-42)38(45)47-37-34(28-31-15-7-3-8-16-31)41-36-33(27-30-13-5-2-6-14-30)40-35(29-44(36)37)32-17-9-4-10-18-32;1-7-8(2)13(18)11(9(3)12(7)17)14(4,5)6-10(15)16;1-4(2)3-8-5(6)7/h7-15,18-23,35H,16-17,24-34H2,1-6H3;2-10,13-18,29,39H,11-12,19-28H2,1H3;6H2,1-5H3,(H,15,16);4H,3H2,1-2H3. The number of morpholine rings is 2. The topological polar surface area (TPSA) is 309 Å². The molecule has 2 N–H and O–H groups in total. The molecule has 6 aromatic carbocycles. The first-order chi connectivity index (χ1) is 65.7. The second-order valence-corrected chi connectivity index (χ2v) is 37.2. The van der Waals surface area contributed by atoms with Gasteiger partial charge in [0.1, 0.15) is 11.4 Å². The van der Waals surface area contributed by atoms with E-state index in [0.717, 1.165) is 134 Å². The first kappa shape index (κ1) is 105. The Morgan fingerprint density at radius 2 is 0.788 bits per heavy atom. The Morgan fingerprint density at radius 1 is 0.453 bits per heavy atom. The van der Waals surface area contributed by atoms with Crippen LogP contribution < -0.4 is 14.8 Å². The second-order valence-electron chi connectivity index (χ2n) is 36.9. The number of rotatable bonds is 36. The Kier molecular flexibility index (Phi) is 38.5. The molecule has 2 aliphatic heterocycles. The van der Waals surface area contributed by atoms with Gasteiger partial charge in [0.15, 0.2) is 34.4 Å². The van der Waals surface area contributed by atoms with Crippen LogP contribution in [0.3, 0.4) is 0 Å². The average molecular weight is 1880 g/mol. The summed E-state index contributed by atoms with van der Waals surface area (Å²) in [4.78, 5) is 144. The number of ether oxygens (including phenoxy) is 5. The molecule has 4 aromatic heterocycles. The second kappa shape index (κ2) is 50.4. The number of hydrogen-bond acceptors (Lipinski definition) is 21. The molecule has 27 nitrogen and oxygen atoms in total. The van der Waals surface area contributed by atoms with Crippen LogP contribution in [0.25, 0.3) is 33.8 Å². The Morgan fingerprint density at radius 3 is 1.13 bits per heavy atom. The number of Topliss-reactive ketones (excluding diaryl/α,β-unsaturated/α-hetero) is 4. The van der Waals surface area contributed by atoms with E-state index in [1.807, 2.05) is 206 Å². The molecule has 2 aliphatic carbocycles. The molecule has 0 spiro atoms. The van der Waals surface area contributed by atoms with Crippen molar-refractivity contribution in [1.29, 1.82) is 0 Å². The van der Waals surface area contributed by atoms with Gasteiger partial charge in [-0.05, 0) is 109 Å². The van der Waals surface area contributed by atoms with E-state index in [1.165, 1.54) is 0 Å². The lowest BCUT2D eigenvalue weighted by Crippen LogP contribution is -2.41. The molecule has 0 atom stereocenters. The maximum absolute atomic E-state index is 14.6. The number of carbonyl (C=O) groups excluding carboxylic acids is 8. The molecule has 0 saturated carbocycles. The summed E-state index contributed by atoms with van der Waals surface area (Å²) in [7, 11) is 3.67. The van der Waals surface area contributed by atoms with E-state index in [1.54, 1.807) is 72.2 Å². The highest BCUT2D eigenvalue weighted by Gasteiger charge is 2.41. The number of carboxylic acids is 1. The first-order valence-electron chi connectivity index (χ1n) is 47.2. The van der Waals surface area contributed by atoms with E-state index in [-0.39, 0.29) is 48.0 Å². The van der Waals surface area contributed by atoms with Crippen molar-refractivity contribution in [2.75, 3.05) is 126 Å². The van der Waals surface area contributed by atoms with E-state index in [4.69, 9.17) is 55.6 Å². The normalized spacial score (nSPS) is 14.5. The molecule has 10 aromatic rings. The molecule has 137 heavy (non-hydrogen) atoms. The van der Waals surface area contributed by atoms with E-state index < -0.39 is 28.3 Å². The van der Waals surface area contributed by atoms with Crippen LogP contribution in [0.4, 0.5) is 14.4 Å². The molecule has 0 bridgehead atoms. The molecule has 6 heterocycles. The summed E-state index contributed by atoms with van der Waals surface area (Å²) < 4.78 is 32.3. The number of aliphatic carboxylic acids is 1. The van der Waals surface area contributed by atoms with Crippen molar-refractivity contribution in [3.05, 3.63) is 284 Å². The highest BCUT2D eigenvalue weighted by molar-refractivity contribution is 6.61. The van der Waals surface area contributed by atoms with Crippen molar-refractivity contribution in [2.24, 2.45) is 16.7 Å². The van der Waals surface area contributed by atoms with Crippen molar-refractivity contribution in [1.82, 2.24) is 58.6 Å². The van der Waals surface area contributed by atoms with E-state index in [0.29, 0.717) is 170 Å². The minimum Gasteiger partial charge on any atom is -0.481 e. The van der Waals surface area contributed by atoms with Gasteiger partial charge in [-0.15, -0.1) is 0 Å². The van der Waals surface area contributed by atoms with Gasteiger partial charge in [-0.2, -0.15) is 0 Å². The lowest BCUT2D eigenvalue weighted by Gasteiger charge is -2.33. The summed E-state index contributed by atoms with van der Waals surface area (Å²) in [5.41, 5.74) is 12.8. The van der Waals surface area contributed by atoms with Crippen molar-refractivity contribution in [3.63, 3.8) is 0 Å². The van der Waals surface area contributed by atoms with Gasteiger partial charge < -0.3 is 48.8 Å². The first-order valence-corrected chi connectivity index (χ1v) is 47.6. The number of hydrogen-bond donors (Lipinski definition) is 2. The number of nitrogens with one attached hydrogen (secondary N) is 1. The monoisotopic (exact) mass is 1880 g/mol. The number of carbonyl (C=O) groups is 9. The number of nitrogens with zero attached hydrogens (tertiary/aromatic N) is 11. The summed E-state index contributed by atoms with van der Waals surface area (Å²) in [5, 5.41) is 12.1. The number of allylic oxidation sites excluding steroid dienone is 8. The maximum atomic E-state index is 14.6. The number of fused-ring (bicyclic) bond motifs is 2. The summed E-state index contributed by atoms with van der Waals surface area (Å²) in [6.07, 6.45) is 7.85. The van der Waals surface area contributed by atoms with Crippen LogP contribution in [0.15, 0.2) is 239 Å². The number of halogens is 1. The molecule has 2 saturated heterocycles. The van der Waals surface area contributed by atoms with Crippen LogP contribution in [-0.2, 0) is 68.7 Å². The van der Waals surface area contributed by atoms with Crippen LogP contribution in [0, 0.1) is 16.7 Å². The van der Waals surface area contributed by atoms with Crippen LogP contribution in [0.2, 0.25) is 0 Å². The number of ketones is 4. The third-order valence-corrected chi connectivity index (χ3v) is 25.0. The number of carboxylic acid groups (broad SMARTS) is 1. The van der Waals surface area contributed by atoms with Crippen molar-refractivity contribution < 1.29 is 71.9 Å². The summed E-state index contributed by atoms with van der Waals surface area (Å²) in [6, 6.07) is 60.7. The molecule has 0 radical (unpaired) electrons. The molecule has 28 heteroatoms. The van der Waals surface area contributed by atoms with Gasteiger partial charge in [0.25, 0.3) is 0 Å². The highest BCUT2D eigenvalue weighted by Crippen LogP contribution is 2.42. The van der Waals surface area contributed by atoms with Crippen LogP contribution in [0.1, 0.15) is 167 Å². The number of imidazole rings is 2. The molecule has 0 unspecified atom stereocenters. The van der Waals surface area contributed by atoms with E-state index in [2.05, 4.69) is 56.3 Å². The fourth-order valence-electron chi connectivity index (χ4n) is 17.3. The van der Waals surface area contributed by atoms with Crippen LogP contribution in [0.5, 0.6) is 11.8 Å². The minimum absolute atomic E-state index is 0.0530. The zero-order chi connectivity index (χ0) is 98.5. The number of amides is 3. The van der Waals surface area contributed by atoms with Gasteiger partial charge in [-0.3, -0.25) is 47.4 Å². The quantitative estimate of drug-likeness (QED) is 0.0209.